The number of para-hydroxylation sites is 1. The first-order valence-electron chi connectivity index (χ1n) is 8.20. The van der Waals surface area contributed by atoms with Crippen molar-refractivity contribution in [2.45, 2.75) is 19.4 Å². The van der Waals surface area contributed by atoms with Crippen molar-refractivity contribution >= 4 is 22.8 Å². The minimum absolute atomic E-state index is 0.0593. The van der Waals surface area contributed by atoms with Crippen molar-refractivity contribution in [2.24, 2.45) is 0 Å². The monoisotopic (exact) mass is 336 g/mol. The zero-order valence-electron chi connectivity index (χ0n) is 14.0. The Bertz CT molecular complexity index is 838. The normalized spacial score (nSPS) is 11.9. The quantitative estimate of drug-likeness (QED) is 0.727. The van der Waals surface area contributed by atoms with E-state index in [2.05, 4.69) is 10.6 Å². The van der Waals surface area contributed by atoms with E-state index in [-0.39, 0.29) is 30.8 Å². The van der Waals surface area contributed by atoms with Gasteiger partial charge in [0.15, 0.2) is 0 Å². The van der Waals surface area contributed by atoms with Crippen molar-refractivity contribution in [3.05, 3.63) is 72.0 Å². The van der Waals surface area contributed by atoms with Crippen LogP contribution in [0.4, 0.5) is 0 Å². The third-order valence-corrected chi connectivity index (χ3v) is 3.90. The van der Waals surface area contributed by atoms with E-state index in [0.717, 1.165) is 16.5 Å². The molecular formula is C20H20N2O3. The van der Waals surface area contributed by atoms with Gasteiger partial charge in [-0.05, 0) is 24.6 Å². The first-order chi connectivity index (χ1) is 12.1. The van der Waals surface area contributed by atoms with E-state index in [1.54, 1.807) is 0 Å². The van der Waals surface area contributed by atoms with Crippen LogP contribution in [0.1, 0.15) is 24.3 Å². The Balaban J connectivity index is 1.49. The van der Waals surface area contributed by atoms with Gasteiger partial charge in [-0.15, -0.1) is 0 Å². The molecule has 0 fully saturated rings. The molecule has 1 aromatic heterocycles. The molecule has 0 radical (unpaired) electrons. The van der Waals surface area contributed by atoms with Gasteiger partial charge >= 0.3 is 0 Å². The van der Waals surface area contributed by atoms with Crippen LogP contribution in [0.2, 0.25) is 0 Å². The fraction of sp³-hybridized carbons (Fsp3) is 0.200. The van der Waals surface area contributed by atoms with E-state index in [4.69, 9.17) is 4.42 Å². The average molecular weight is 336 g/mol. The summed E-state index contributed by atoms with van der Waals surface area (Å²) < 4.78 is 5.73. The number of nitrogens with one attached hydrogen (secondary N) is 2. The van der Waals surface area contributed by atoms with Crippen molar-refractivity contribution in [1.82, 2.24) is 10.6 Å². The molecule has 5 heteroatoms. The molecule has 25 heavy (non-hydrogen) atoms. The van der Waals surface area contributed by atoms with Crippen LogP contribution in [0, 0.1) is 0 Å². The molecule has 3 rings (SSSR count). The summed E-state index contributed by atoms with van der Waals surface area (Å²) in [6.07, 6.45) is 0.257. The maximum Gasteiger partial charge on any atom is 0.239 e. The summed E-state index contributed by atoms with van der Waals surface area (Å²) >= 11 is 0. The standard InChI is InChI=1S/C20H20N2O3/c1-14(18-12-16-9-5-6-10-17(16)25-18)22-20(24)13-21-19(23)11-15-7-3-2-4-8-15/h2-10,12,14H,11,13H2,1H3,(H,21,23)(H,22,24)/t14-/m0/s1. The number of carbonyl (C=O) groups excluding carboxylic acids is 2. The number of rotatable bonds is 6. The summed E-state index contributed by atoms with van der Waals surface area (Å²) in [6.45, 7) is 1.79. The van der Waals surface area contributed by atoms with E-state index in [1.807, 2.05) is 67.6 Å². The summed E-state index contributed by atoms with van der Waals surface area (Å²) in [5.74, 6) is 0.247. The van der Waals surface area contributed by atoms with Gasteiger partial charge in [-0.2, -0.15) is 0 Å². The lowest BCUT2D eigenvalue weighted by Crippen LogP contribution is -2.38. The molecule has 2 N–H and O–H groups in total. The Morgan fingerprint density at radius 1 is 1.00 bits per heavy atom. The van der Waals surface area contributed by atoms with Gasteiger partial charge < -0.3 is 15.1 Å². The number of furan rings is 1. The molecule has 2 amide bonds. The van der Waals surface area contributed by atoms with E-state index in [9.17, 15) is 9.59 Å². The molecule has 0 saturated heterocycles. The van der Waals surface area contributed by atoms with Crippen molar-refractivity contribution < 1.29 is 14.0 Å². The first-order valence-corrected chi connectivity index (χ1v) is 8.20. The minimum Gasteiger partial charge on any atom is -0.459 e. The Kier molecular flexibility index (Phi) is 5.14. The van der Waals surface area contributed by atoms with E-state index in [0.29, 0.717) is 5.76 Å². The number of hydrogen-bond donors (Lipinski definition) is 2. The van der Waals surface area contributed by atoms with Gasteiger partial charge in [-0.1, -0.05) is 48.5 Å². The van der Waals surface area contributed by atoms with Gasteiger partial charge in [0.25, 0.3) is 0 Å². The van der Waals surface area contributed by atoms with Crippen LogP contribution in [-0.4, -0.2) is 18.4 Å². The maximum absolute atomic E-state index is 12.0. The lowest BCUT2D eigenvalue weighted by molar-refractivity contribution is -0.126. The van der Waals surface area contributed by atoms with Crippen LogP contribution < -0.4 is 10.6 Å². The topological polar surface area (TPSA) is 71.3 Å². The number of hydrogen-bond acceptors (Lipinski definition) is 3. The molecular weight excluding hydrogens is 316 g/mol. The van der Waals surface area contributed by atoms with Crippen LogP contribution in [-0.2, 0) is 16.0 Å². The van der Waals surface area contributed by atoms with Crippen molar-refractivity contribution in [3.8, 4) is 0 Å². The highest BCUT2D eigenvalue weighted by molar-refractivity contribution is 5.86. The van der Waals surface area contributed by atoms with Gasteiger partial charge in [0.05, 0.1) is 19.0 Å². The summed E-state index contributed by atoms with van der Waals surface area (Å²) in [5.41, 5.74) is 1.70. The Morgan fingerprint density at radius 3 is 2.48 bits per heavy atom. The summed E-state index contributed by atoms with van der Waals surface area (Å²) in [7, 11) is 0. The van der Waals surface area contributed by atoms with E-state index >= 15 is 0 Å². The molecule has 0 saturated carbocycles. The molecule has 0 aliphatic rings. The highest BCUT2D eigenvalue weighted by atomic mass is 16.3. The molecule has 0 bridgehead atoms. The smallest absolute Gasteiger partial charge is 0.239 e. The Morgan fingerprint density at radius 2 is 1.72 bits per heavy atom. The van der Waals surface area contributed by atoms with Gasteiger partial charge in [-0.3, -0.25) is 9.59 Å². The number of benzene rings is 2. The van der Waals surface area contributed by atoms with E-state index < -0.39 is 0 Å². The highest BCUT2D eigenvalue weighted by Gasteiger charge is 2.14. The molecule has 0 aliphatic carbocycles. The second-order valence-corrected chi connectivity index (χ2v) is 5.91. The largest absolute Gasteiger partial charge is 0.459 e. The minimum atomic E-state index is -0.272. The summed E-state index contributed by atoms with van der Waals surface area (Å²) in [6, 6.07) is 18.7. The molecule has 128 valence electrons. The second kappa shape index (κ2) is 7.66. The Hall–Kier alpha value is -3.08. The average Bonchev–Trinajstić information content (AvgIpc) is 3.05. The van der Waals surface area contributed by atoms with Crippen molar-refractivity contribution in [2.75, 3.05) is 6.54 Å². The molecule has 1 heterocycles. The van der Waals surface area contributed by atoms with Gasteiger partial charge in [-0.25, -0.2) is 0 Å². The van der Waals surface area contributed by atoms with Gasteiger partial charge in [0.1, 0.15) is 11.3 Å². The third kappa shape index (κ3) is 4.47. The van der Waals surface area contributed by atoms with Crippen molar-refractivity contribution in [1.29, 1.82) is 0 Å². The SMILES string of the molecule is C[C@H](NC(=O)CNC(=O)Cc1ccccc1)c1cc2ccccc2o1. The molecule has 0 unspecified atom stereocenters. The Labute approximate surface area is 146 Å². The molecule has 0 aliphatic heterocycles. The lowest BCUT2D eigenvalue weighted by atomic mass is 10.1. The molecule has 3 aromatic rings. The number of amides is 2. The number of fused-ring (bicyclic) bond motifs is 1. The fourth-order valence-corrected chi connectivity index (χ4v) is 2.60. The van der Waals surface area contributed by atoms with Crippen LogP contribution in [0.5, 0.6) is 0 Å². The summed E-state index contributed by atoms with van der Waals surface area (Å²) in [5, 5.41) is 6.46. The predicted molar refractivity (Wildman–Crippen MR) is 95.9 cm³/mol. The van der Waals surface area contributed by atoms with Gasteiger partial charge in [0, 0.05) is 5.39 Å². The summed E-state index contributed by atoms with van der Waals surface area (Å²) in [4.78, 5) is 23.9. The van der Waals surface area contributed by atoms with Crippen molar-refractivity contribution in [3.63, 3.8) is 0 Å². The molecule has 2 aromatic carbocycles. The first kappa shape index (κ1) is 16.8. The predicted octanol–water partition coefficient (Wildman–Crippen LogP) is 2.97. The maximum atomic E-state index is 12.0. The fourth-order valence-electron chi connectivity index (χ4n) is 2.60. The molecule has 5 nitrogen and oxygen atoms in total. The zero-order chi connectivity index (χ0) is 17.6. The lowest BCUT2D eigenvalue weighted by Gasteiger charge is -2.12. The van der Waals surface area contributed by atoms with Crippen LogP contribution in [0.15, 0.2) is 65.1 Å². The second-order valence-electron chi connectivity index (χ2n) is 5.91. The van der Waals surface area contributed by atoms with Crippen LogP contribution in [0.3, 0.4) is 0 Å². The van der Waals surface area contributed by atoms with E-state index in [1.165, 1.54) is 0 Å². The zero-order valence-corrected chi connectivity index (χ0v) is 14.0. The molecule has 1 atom stereocenters. The number of carbonyl (C=O) groups is 2. The molecule has 0 spiro atoms. The highest BCUT2D eigenvalue weighted by Crippen LogP contribution is 2.23. The van der Waals surface area contributed by atoms with Crippen LogP contribution in [0.25, 0.3) is 11.0 Å². The van der Waals surface area contributed by atoms with Crippen LogP contribution >= 0.6 is 0 Å². The third-order valence-electron chi connectivity index (χ3n) is 3.90. The van der Waals surface area contributed by atoms with Gasteiger partial charge in [0.2, 0.25) is 11.8 Å².